The molecule has 0 unspecified atom stereocenters. The van der Waals surface area contributed by atoms with E-state index in [4.69, 9.17) is 0 Å². The monoisotopic (exact) mass is 382 g/mol. The number of benzene rings is 2. The van der Waals surface area contributed by atoms with Gasteiger partial charge in [0, 0.05) is 22.5 Å². The molecule has 0 spiro atoms. The van der Waals surface area contributed by atoms with E-state index in [1.165, 1.54) is 0 Å². The SMILES string of the molecule is Cn1ncc2ccc(-c3cc(CO)nn3-c3ccccc3Br)cc21. The van der Waals surface area contributed by atoms with Crippen molar-refractivity contribution in [3.8, 4) is 16.9 Å². The highest BCUT2D eigenvalue weighted by Crippen LogP contribution is 2.30. The summed E-state index contributed by atoms with van der Waals surface area (Å²) in [4.78, 5) is 0. The molecule has 2 aromatic carbocycles. The molecule has 120 valence electrons. The maximum atomic E-state index is 9.52. The molecule has 0 saturated carbocycles. The zero-order valence-electron chi connectivity index (χ0n) is 13.0. The Morgan fingerprint density at radius 2 is 1.96 bits per heavy atom. The fourth-order valence-electron chi connectivity index (χ4n) is 2.82. The maximum absolute atomic E-state index is 9.52. The molecule has 4 rings (SSSR count). The van der Waals surface area contributed by atoms with Crippen molar-refractivity contribution < 1.29 is 5.11 Å². The number of aromatic nitrogens is 4. The molecule has 2 heterocycles. The van der Waals surface area contributed by atoms with Crippen LogP contribution in [0.2, 0.25) is 0 Å². The zero-order valence-corrected chi connectivity index (χ0v) is 14.6. The van der Waals surface area contributed by atoms with Crippen molar-refractivity contribution in [1.82, 2.24) is 19.6 Å². The van der Waals surface area contributed by atoms with Gasteiger partial charge in [-0.15, -0.1) is 0 Å². The first-order valence-electron chi connectivity index (χ1n) is 7.54. The molecule has 0 aliphatic rings. The number of aliphatic hydroxyl groups excluding tert-OH is 1. The van der Waals surface area contributed by atoms with E-state index in [9.17, 15) is 5.11 Å². The van der Waals surface area contributed by atoms with Crippen LogP contribution in [0.4, 0.5) is 0 Å². The minimum absolute atomic E-state index is 0.0988. The van der Waals surface area contributed by atoms with Gasteiger partial charge in [0.15, 0.2) is 0 Å². The minimum atomic E-state index is -0.0988. The van der Waals surface area contributed by atoms with Crippen molar-refractivity contribution in [2.75, 3.05) is 0 Å². The number of fused-ring (bicyclic) bond motifs is 1. The number of nitrogens with zero attached hydrogens (tertiary/aromatic N) is 4. The zero-order chi connectivity index (χ0) is 16.7. The highest BCUT2D eigenvalue weighted by Gasteiger charge is 2.14. The van der Waals surface area contributed by atoms with Crippen molar-refractivity contribution in [2.24, 2.45) is 7.05 Å². The summed E-state index contributed by atoms with van der Waals surface area (Å²) in [6.45, 7) is -0.0988. The van der Waals surface area contributed by atoms with Crippen molar-refractivity contribution in [1.29, 1.82) is 0 Å². The van der Waals surface area contributed by atoms with E-state index in [0.717, 1.165) is 32.3 Å². The summed E-state index contributed by atoms with van der Waals surface area (Å²) < 4.78 is 4.65. The lowest BCUT2D eigenvalue weighted by molar-refractivity contribution is 0.276. The number of hydrogen-bond acceptors (Lipinski definition) is 3. The lowest BCUT2D eigenvalue weighted by Crippen LogP contribution is -2.01. The molecule has 0 amide bonds. The van der Waals surface area contributed by atoms with Crippen LogP contribution in [0.3, 0.4) is 0 Å². The fourth-order valence-corrected chi connectivity index (χ4v) is 3.28. The largest absolute Gasteiger partial charge is 0.390 e. The van der Waals surface area contributed by atoms with Crippen LogP contribution >= 0.6 is 15.9 Å². The number of aryl methyl sites for hydroxylation is 1. The van der Waals surface area contributed by atoms with E-state index >= 15 is 0 Å². The summed E-state index contributed by atoms with van der Waals surface area (Å²) in [6, 6.07) is 16.0. The van der Waals surface area contributed by atoms with Gasteiger partial charge in [-0.3, -0.25) is 4.68 Å². The first kappa shape index (κ1) is 15.1. The second-order valence-corrected chi connectivity index (χ2v) is 6.44. The van der Waals surface area contributed by atoms with Crippen LogP contribution in [0.25, 0.3) is 27.8 Å². The lowest BCUT2D eigenvalue weighted by Gasteiger charge is -2.10. The van der Waals surface area contributed by atoms with E-state index in [2.05, 4.69) is 38.3 Å². The van der Waals surface area contributed by atoms with Crippen LogP contribution in [0.5, 0.6) is 0 Å². The standard InChI is InChI=1S/C18H15BrN4O/c1-22-17-8-12(6-7-13(17)10-20-22)18-9-14(11-24)21-23(18)16-5-3-2-4-15(16)19/h2-10,24H,11H2,1H3. The minimum Gasteiger partial charge on any atom is -0.390 e. The van der Waals surface area contributed by atoms with E-state index in [1.807, 2.05) is 59.0 Å². The average Bonchev–Trinajstić information content (AvgIpc) is 3.19. The number of aliphatic hydroxyl groups is 1. The molecule has 1 N–H and O–H groups in total. The van der Waals surface area contributed by atoms with E-state index < -0.39 is 0 Å². The van der Waals surface area contributed by atoms with E-state index in [0.29, 0.717) is 5.69 Å². The fraction of sp³-hybridized carbons (Fsp3) is 0.111. The highest BCUT2D eigenvalue weighted by molar-refractivity contribution is 9.10. The molecular weight excluding hydrogens is 368 g/mol. The third kappa shape index (κ3) is 2.44. The normalized spacial score (nSPS) is 11.3. The third-order valence-electron chi connectivity index (χ3n) is 4.05. The van der Waals surface area contributed by atoms with Gasteiger partial charge in [-0.25, -0.2) is 4.68 Å². The van der Waals surface area contributed by atoms with Gasteiger partial charge in [-0.1, -0.05) is 24.3 Å². The van der Waals surface area contributed by atoms with Gasteiger partial charge in [0.2, 0.25) is 0 Å². The number of para-hydroxylation sites is 1. The van der Waals surface area contributed by atoms with Gasteiger partial charge in [0.25, 0.3) is 0 Å². The van der Waals surface area contributed by atoms with Crippen molar-refractivity contribution in [2.45, 2.75) is 6.61 Å². The summed E-state index contributed by atoms with van der Waals surface area (Å²) in [5.74, 6) is 0. The molecule has 4 aromatic rings. The van der Waals surface area contributed by atoms with Gasteiger partial charge in [0.05, 0.1) is 35.4 Å². The Hall–Kier alpha value is -2.44. The Morgan fingerprint density at radius 3 is 2.75 bits per heavy atom. The molecule has 0 atom stereocenters. The van der Waals surface area contributed by atoms with Crippen LogP contribution in [-0.4, -0.2) is 24.7 Å². The van der Waals surface area contributed by atoms with E-state index in [1.54, 1.807) is 0 Å². The summed E-state index contributed by atoms with van der Waals surface area (Å²) in [7, 11) is 1.93. The van der Waals surface area contributed by atoms with Gasteiger partial charge < -0.3 is 5.11 Å². The Morgan fingerprint density at radius 1 is 1.12 bits per heavy atom. The van der Waals surface area contributed by atoms with Crippen LogP contribution in [0.15, 0.2) is 59.2 Å². The predicted molar refractivity (Wildman–Crippen MR) is 96.9 cm³/mol. The molecular formula is C18H15BrN4O. The Kier molecular flexibility index (Phi) is 3.70. The molecule has 0 fully saturated rings. The number of halogens is 1. The lowest BCUT2D eigenvalue weighted by atomic mass is 10.1. The average molecular weight is 383 g/mol. The summed E-state index contributed by atoms with van der Waals surface area (Å²) in [6.07, 6.45) is 1.85. The van der Waals surface area contributed by atoms with Crippen molar-refractivity contribution in [3.63, 3.8) is 0 Å². The molecule has 0 radical (unpaired) electrons. The van der Waals surface area contributed by atoms with Gasteiger partial charge in [0.1, 0.15) is 0 Å². The molecule has 2 aromatic heterocycles. The topological polar surface area (TPSA) is 55.9 Å². The number of hydrogen-bond donors (Lipinski definition) is 1. The van der Waals surface area contributed by atoms with Crippen LogP contribution < -0.4 is 0 Å². The summed E-state index contributed by atoms with van der Waals surface area (Å²) >= 11 is 3.58. The van der Waals surface area contributed by atoms with Crippen molar-refractivity contribution >= 4 is 26.8 Å². The molecule has 6 heteroatoms. The van der Waals surface area contributed by atoms with Crippen molar-refractivity contribution in [3.05, 3.63) is 64.9 Å². The molecule has 0 aliphatic carbocycles. The smallest absolute Gasteiger partial charge is 0.0889 e. The molecule has 24 heavy (non-hydrogen) atoms. The molecule has 0 aliphatic heterocycles. The van der Waals surface area contributed by atoms with Crippen LogP contribution in [0, 0.1) is 0 Å². The van der Waals surface area contributed by atoms with Crippen LogP contribution in [-0.2, 0) is 13.7 Å². The Labute approximate surface area is 147 Å². The second-order valence-electron chi connectivity index (χ2n) is 5.58. The van der Waals surface area contributed by atoms with Gasteiger partial charge in [-0.2, -0.15) is 10.2 Å². The third-order valence-corrected chi connectivity index (χ3v) is 4.72. The molecule has 0 bridgehead atoms. The number of rotatable bonds is 3. The van der Waals surface area contributed by atoms with Gasteiger partial charge in [-0.05, 0) is 40.2 Å². The predicted octanol–water partition coefficient (Wildman–Crippen LogP) is 3.68. The highest BCUT2D eigenvalue weighted by atomic mass is 79.9. The summed E-state index contributed by atoms with van der Waals surface area (Å²) in [5, 5.41) is 19.4. The van der Waals surface area contributed by atoms with Crippen LogP contribution in [0.1, 0.15) is 5.69 Å². The second kappa shape index (κ2) is 5.89. The molecule has 0 saturated heterocycles. The Balaban J connectivity index is 1.95. The van der Waals surface area contributed by atoms with E-state index in [-0.39, 0.29) is 6.61 Å². The molecule has 5 nitrogen and oxygen atoms in total. The quantitative estimate of drug-likeness (QED) is 0.587. The first-order valence-corrected chi connectivity index (χ1v) is 8.33. The first-order chi connectivity index (χ1) is 11.7. The van der Waals surface area contributed by atoms with Gasteiger partial charge >= 0.3 is 0 Å². The summed E-state index contributed by atoms with van der Waals surface area (Å²) in [5.41, 5.74) is 4.56. The maximum Gasteiger partial charge on any atom is 0.0889 e. The Bertz CT molecular complexity index is 1030.